The standard InChI is InChI=1S/C86H80B2N2O2Si/c1-83(2,3)73-57-55-67(59-71(73)69-47-33-51-77-81(69)91-85(7,8)75-49-29-31-53-79(75)89(63-39-21-13-22-40-63)87(77)61-35-17-11-18-36-61)93(65-43-25-15-26-44-65,66-45-27-16-28-46-66)68-56-58-74(84(4,5)6)72(60-68)70-48-34-52-78-82(70)92-86(9,10)76-50-30-32-54-80(76)90(64-41-23-14-24-42-64)88(78)62-37-19-12-20-38-62/h11-60H,1-10H3. The monoisotopic (exact) mass is 1220 g/mol. The summed E-state index contributed by atoms with van der Waals surface area (Å²) in [5, 5.41) is 5.13. The van der Waals surface area contributed by atoms with Crippen molar-refractivity contribution in [1.82, 2.24) is 0 Å². The molecule has 0 bridgehead atoms. The van der Waals surface area contributed by atoms with E-state index in [1.165, 1.54) is 42.8 Å². The Morgan fingerprint density at radius 1 is 0.312 bits per heavy atom. The molecule has 7 heteroatoms. The van der Waals surface area contributed by atoms with Gasteiger partial charge >= 0.3 is 13.7 Å². The molecule has 0 fully saturated rings. The van der Waals surface area contributed by atoms with Crippen LogP contribution in [-0.2, 0) is 22.0 Å². The first-order chi connectivity index (χ1) is 44.9. The maximum atomic E-state index is 7.86. The molecule has 0 radical (unpaired) electrons. The number of hydrogen-bond donors (Lipinski definition) is 0. The Morgan fingerprint density at radius 2 is 0.634 bits per heavy atom. The lowest BCUT2D eigenvalue weighted by atomic mass is 9.47. The first-order valence-electron chi connectivity index (χ1n) is 33.0. The van der Waals surface area contributed by atoms with Crippen LogP contribution in [0.3, 0.4) is 0 Å². The lowest BCUT2D eigenvalue weighted by Gasteiger charge is -2.42. The minimum atomic E-state index is -3.39. The second kappa shape index (κ2) is 24.0. The van der Waals surface area contributed by atoms with Gasteiger partial charge in [-0.25, -0.2) is 0 Å². The van der Waals surface area contributed by atoms with Crippen LogP contribution in [0.5, 0.6) is 11.5 Å². The highest BCUT2D eigenvalue weighted by Crippen LogP contribution is 2.47. The number of para-hydroxylation sites is 6. The zero-order chi connectivity index (χ0) is 64.3. The first kappa shape index (κ1) is 60.7. The average Bonchev–Trinajstić information content (AvgIpc) is 0.739. The van der Waals surface area contributed by atoms with Gasteiger partial charge in [-0.1, -0.05) is 319 Å². The topological polar surface area (TPSA) is 24.9 Å². The number of fused-ring (bicyclic) bond motifs is 4. The lowest BCUT2D eigenvalue weighted by Crippen LogP contribution is -2.74. The Labute approximate surface area is 553 Å². The van der Waals surface area contributed by atoms with Crippen LogP contribution in [0.4, 0.5) is 22.7 Å². The van der Waals surface area contributed by atoms with Crippen molar-refractivity contribution in [2.24, 2.45) is 0 Å². The molecule has 0 aliphatic carbocycles. The fourth-order valence-electron chi connectivity index (χ4n) is 15.1. The van der Waals surface area contributed by atoms with Crippen molar-refractivity contribution in [2.75, 3.05) is 9.62 Å². The summed E-state index contributed by atoms with van der Waals surface area (Å²) in [4.78, 5) is 5.08. The molecule has 0 N–H and O–H groups in total. The molecule has 0 aromatic heterocycles. The van der Waals surface area contributed by atoms with E-state index in [0.29, 0.717) is 0 Å². The summed E-state index contributed by atoms with van der Waals surface area (Å²) in [6, 6.07) is 113. The van der Waals surface area contributed by atoms with Crippen LogP contribution in [0.25, 0.3) is 22.3 Å². The van der Waals surface area contributed by atoms with E-state index in [9.17, 15) is 0 Å². The molecule has 0 spiro atoms. The van der Waals surface area contributed by atoms with Crippen LogP contribution in [0.15, 0.2) is 303 Å². The van der Waals surface area contributed by atoms with Crippen molar-refractivity contribution in [3.63, 3.8) is 0 Å². The summed E-state index contributed by atoms with van der Waals surface area (Å²) in [6.45, 7) is 22.6. The van der Waals surface area contributed by atoms with Crippen molar-refractivity contribution < 1.29 is 9.47 Å². The molecule has 2 aliphatic rings. The molecule has 456 valence electrons. The average molecular weight is 1220 g/mol. The van der Waals surface area contributed by atoms with E-state index in [4.69, 9.17) is 9.47 Å². The van der Waals surface area contributed by atoms with Crippen LogP contribution >= 0.6 is 0 Å². The number of rotatable bonds is 10. The molecule has 2 aliphatic heterocycles. The largest absolute Gasteiger partial charge is 0.483 e. The van der Waals surface area contributed by atoms with Gasteiger partial charge in [-0.3, -0.25) is 0 Å². The minimum Gasteiger partial charge on any atom is -0.483 e. The fraction of sp³-hybridized carbons (Fsp3) is 0.163. The van der Waals surface area contributed by atoms with E-state index in [1.807, 2.05) is 0 Å². The van der Waals surface area contributed by atoms with Gasteiger partial charge in [0, 0.05) is 45.0 Å². The Balaban J connectivity index is 1.06. The van der Waals surface area contributed by atoms with Crippen molar-refractivity contribution in [2.45, 2.75) is 91.3 Å². The molecule has 2 heterocycles. The molecular weight excluding hydrogens is 1140 g/mol. The predicted molar refractivity (Wildman–Crippen MR) is 399 cm³/mol. The molecule has 12 aromatic rings. The van der Waals surface area contributed by atoms with Crippen LogP contribution in [-0.4, -0.2) is 21.8 Å². The Morgan fingerprint density at radius 3 is 0.989 bits per heavy atom. The molecule has 0 saturated carbocycles. The summed E-state index contributed by atoms with van der Waals surface area (Å²) >= 11 is 0. The van der Waals surface area contributed by atoms with Gasteiger partial charge in [-0.15, -0.1) is 0 Å². The normalized spacial score (nSPS) is 14.4. The quantitative estimate of drug-likeness (QED) is 0.101. The molecule has 0 unspecified atom stereocenters. The molecule has 4 nitrogen and oxygen atoms in total. The summed E-state index contributed by atoms with van der Waals surface area (Å²) in [7, 11) is -3.39. The Hall–Kier alpha value is -9.81. The third-order valence-electron chi connectivity index (χ3n) is 19.3. The Kier molecular flexibility index (Phi) is 15.7. The third kappa shape index (κ3) is 10.9. The van der Waals surface area contributed by atoms with Gasteiger partial charge in [-0.2, -0.15) is 0 Å². The van der Waals surface area contributed by atoms with Crippen molar-refractivity contribution >= 4 is 87.1 Å². The maximum Gasteiger partial charge on any atom is 0.331 e. The predicted octanol–water partition coefficient (Wildman–Crippen LogP) is 16.1. The molecule has 14 rings (SSSR count). The van der Waals surface area contributed by atoms with E-state index in [1.54, 1.807) is 0 Å². The number of ether oxygens (including phenoxy) is 2. The number of nitrogens with zero attached hydrogens (tertiary/aromatic N) is 2. The highest BCUT2D eigenvalue weighted by molar-refractivity contribution is 7.20. The van der Waals surface area contributed by atoms with Crippen molar-refractivity contribution in [3.8, 4) is 33.8 Å². The Bertz CT molecular complexity index is 4360. The number of anilines is 4. The van der Waals surface area contributed by atoms with Gasteiger partial charge in [0.1, 0.15) is 22.7 Å². The summed E-state index contributed by atoms with van der Waals surface area (Å²) < 4.78 is 15.7. The van der Waals surface area contributed by atoms with Gasteiger partial charge in [0.05, 0.1) is 0 Å². The number of hydrogen-bond acceptors (Lipinski definition) is 4. The lowest BCUT2D eigenvalue weighted by molar-refractivity contribution is 0.111. The first-order valence-corrected chi connectivity index (χ1v) is 35.0. The zero-order valence-corrected chi connectivity index (χ0v) is 56.2. The van der Waals surface area contributed by atoms with Crippen LogP contribution in [0.2, 0.25) is 0 Å². The highest BCUT2D eigenvalue weighted by atomic mass is 28.3. The maximum absolute atomic E-state index is 7.86. The zero-order valence-electron chi connectivity index (χ0n) is 55.2. The van der Waals surface area contributed by atoms with E-state index in [0.717, 1.165) is 78.6 Å². The second-order valence-electron chi connectivity index (χ2n) is 28.2. The number of benzene rings is 12. The summed E-state index contributed by atoms with van der Waals surface area (Å²) in [5.41, 5.74) is 16.1. The van der Waals surface area contributed by atoms with Crippen LogP contribution < -0.4 is 61.7 Å². The fourth-order valence-corrected chi connectivity index (χ4v) is 19.9. The minimum absolute atomic E-state index is 0.255. The van der Waals surface area contributed by atoms with Gasteiger partial charge in [0.25, 0.3) is 0 Å². The van der Waals surface area contributed by atoms with Gasteiger partial charge < -0.3 is 19.1 Å². The SMILES string of the molecule is CC(C)(C)c1ccc([Si](c2ccccc2)(c2ccccc2)c2ccc(C(C)(C)C)c(-c3cccc4c3OC(C)(C)c3ccccc3N(c3ccccc3)B4c3ccccc3)c2)cc1-c1cccc2c1OC(C)(C)c1ccccc1N(c1ccccc1)B2c1ccccc1. The van der Waals surface area contributed by atoms with E-state index < -0.39 is 19.3 Å². The molecule has 0 atom stereocenters. The van der Waals surface area contributed by atoms with Gasteiger partial charge in [0.2, 0.25) is 0 Å². The van der Waals surface area contributed by atoms with Crippen LogP contribution in [0, 0.1) is 0 Å². The summed E-state index contributed by atoms with van der Waals surface area (Å²) in [6.07, 6.45) is 0. The van der Waals surface area contributed by atoms with Gasteiger partial charge in [0.15, 0.2) is 8.07 Å². The molecule has 93 heavy (non-hydrogen) atoms. The van der Waals surface area contributed by atoms with E-state index in [2.05, 4.69) is 382 Å². The summed E-state index contributed by atoms with van der Waals surface area (Å²) in [5.74, 6) is 1.76. The molecular formula is C86H80B2N2O2Si. The molecule has 12 aromatic carbocycles. The van der Waals surface area contributed by atoms with Crippen molar-refractivity contribution in [3.05, 3.63) is 326 Å². The van der Waals surface area contributed by atoms with Crippen molar-refractivity contribution in [1.29, 1.82) is 0 Å². The second-order valence-corrected chi connectivity index (χ2v) is 32.1. The van der Waals surface area contributed by atoms with E-state index in [-0.39, 0.29) is 24.5 Å². The molecule has 0 amide bonds. The van der Waals surface area contributed by atoms with E-state index >= 15 is 0 Å². The molecule has 0 saturated heterocycles. The van der Waals surface area contributed by atoms with Crippen LogP contribution in [0.1, 0.15) is 91.5 Å². The smallest absolute Gasteiger partial charge is 0.331 e. The van der Waals surface area contributed by atoms with Gasteiger partial charge in [-0.05, 0) is 129 Å². The third-order valence-corrected chi connectivity index (χ3v) is 24.1. The highest BCUT2D eigenvalue weighted by Gasteiger charge is 2.46.